The number of rotatable bonds is 7. The van der Waals surface area contributed by atoms with Crippen molar-refractivity contribution in [2.45, 2.75) is 6.42 Å². The number of amidine groups is 1. The number of nitrogens with one attached hydrogen (secondary N) is 1. The van der Waals surface area contributed by atoms with Crippen LogP contribution >= 0.6 is 11.3 Å². The van der Waals surface area contributed by atoms with E-state index in [1.165, 1.54) is 11.3 Å². The molecule has 3 aliphatic rings. The molecule has 0 unspecified atom stereocenters. The second kappa shape index (κ2) is 9.90. The lowest BCUT2D eigenvalue weighted by Gasteiger charge is -2.28. The first-order chi connectivity index (χ1) is 16.2. The number of carbonyl (C=O) groups is 1. The van der Waals surface area contributed by atoms with Gasteiger partial charge >= 0.3 is 0 Å². The van der Waals surface area contributed by atoms with E-state index in [1.54, 1.807) is 13.2 Å². The van der Waals surface area contributed by atoms with E-state index >= 15 is 0 Å². The van der Waals surface area contributed by atoms with Gasteiger partial charge in [0, 0.05) is 31.7 Å². The normalized spacial score (nSPS) is 17.7. The van der Waals surface area contributed by atoms with Gasteiger partial charge < -0.3 is 14.2 Å². The Hall–Kier alpha value is -2.95. The SMILES string of the molecule is COc1c(OCCCN2CCOCC2)ccc2c1N=C(NC(=O)c1cccs1)N1CCN=C21. The van der Waals surface area contributed by atoms with Crippen LogP contribution < -0.4 is 14.8 Å². The number of methoxy groups -OCH3 is 1. The Morgan fingerprint density at radius 2 is 2.12 bits per heavy atom. The summed E-state index contributed by atoms with van der Waals surface area (Å²) in [6.07, 6.45) is 0.909. The number of nitrogens with zero attached hydrogens (tertiary/aromatic N) is 4. The van der Waals surface area contributed by atoms with Gasteiger partial charge in [0.05, 0.1) is 38.4 Å². The van der Waals surface area contributed by atoms with Gasteiger partial charge in [0.15, 0.2) is 11.5 Å². The number of thiophene rings is 1. The van der Waals surface area contributed by atoms with Crippen LogP contribution in [0.25, 0.3) is 0 Å². The monoisotopic (exact) mass is 469 g/mol. The number of aliphatic imine (C=N–C) groups is 2. The first kappa shape index (κ1) is 21.9. The zero-order valence-electron chi connectivity index (χ0n) is 18.6. The molecule has 1 N–H and O–H groups in total. The Morgan fingerprint density at radius 1 is 1.24 bits per heavy atom. The Morgan fingerprint density at radius 3 is 2.91 bits per heavy atom. The summed E-state index contributed by atoms with van der Waals surface area (Å²) in [6, 6.07) is 7.52. The zero-order valence-corrected chi connectivity index (χ0v) is 19.4. The number of guanidine groups is 1. The second-order valence-corrected chi connectivity index (χ2v) is 8.82. The van der Waals surface area contributed by atoms with Gasteiger partial charge in [0.2, 0.25) is 5.96 Å². The molecule has 174 valence electrons. The molecule has 1 fully saturated rings. The quantitative estimate of drug-likeness (QED) is 0.627. The van der Waals surface area contributed by atoms with Crippen LogP contribution in [0.5, 0.6) is 11.5 Å². The smallest absolute Gasteiger partial charge is 0.268 e. The molecule has 1 aromatic heterocycles. The maximum absolute atomic E-state index is 12.7. The molecule has 10 heteroatoms. The molecule has 1 saturated heterocycles. The summed E-state index contributed by atoms with van der Waals surface area (Å²) in [5.74, 6) is 2.25. The van der Waals surface area contributed by atoms with Gasteiger partial charge in [-0.2, -0.15) is 0 Å². The van der Waals surface area contributed by atoms with Crippen molar-refractivity contribution in [3.8, 4) is 11.5 Å². The van der Waals surface area contributed by atoms with Crippen molar-refractivity contribution in [2.24, 2.45) is 9.98 Å². The van der Waals surface area contributed by atoms with Crippen molar-refractivity contribution in [1.29, 1.82) is 0 Å². The van der Waals surface area contributed by atoms with E-state index in [1.807, 2.05) is 28.5 Å². The van der Waals surface area contributed by atoms with Gasteiger partial charge in [0.25, 0.3) is 5.91 Å². The predicted octanol–water partition coefficient (Wildman–Crippen LogP) is 2.35. The first-order valence-corrected chi connectivity index (χ1v) is 12.0. The third-order valence-corrected chi connectivity index (χ3v) is 6.67. The topological polar surface area (TPSA) is 88.0 Å². The fourth-order valence-electron chi connectivity index (χ4n) is 4.17. The Bertz CT molecular complexity index is 1060. The average molecular weight is 470 g/mol. The van der Waals surface area contributed by atoms with Crippen LogP contribution in [0.15, 0.2) is 39.6 Å². The number of carbonyl (C=O) groups excluding carboxylic acids is 1. The molecule has 5 rings (SSSR count). The van der Waals surface area contributed by atoms with Gasteiger partial charge in [-0.15, -0.1) is 11.3 Å². The molecule has 0 bridgehead atoms. The fraction of sp³-hybridized carbons (Fsp3) is 0.435. The lowest BCUT2D eigenvalue weighted by molar-refractivity contribution is 0.0357. The van der Waals surface area contributed by atoms with E-state index < -0.39 is 0 Å². The van der Waals surface area contributed by atoms with Gasteiger partial charge in [-0.3, -0.25) is 24.9 Å². The molecular formula is C23H27N5O4S. The molecule has 4 heterocycles. The van der Waals surface area contributed by atoms with E-state index in [9.17, 15) is 4.79 Å². The number of ether oxygens (including phenoxy) is 3. The van der Waals surface area contributed by atoms with Gasteiger partial charge in [0.1, 0.15) is 11.5 Å². The predicted molar refractivity (Wildman–Crippen MR) is 127 cm³/mol. The highest BCUT2D eigenvalue weighted by Gasteiger charge is 2.33. The van der Waals surface area contributed by atoms with E-state index in [0.717, 1.165) is 50.7 Å². The van der Waals surface area contributed by atoms with Crippen LogP contribution in [0.2, 0.25) is 0 Å². The maximum Gasteiger partial charge on any atom is 0.268 e. The molecule has 33 heavy (non-hydrogen) atoms. The van der Waals surface area contributed by atoms with Gasteiger partial charge in [-0.1, -0.05) is 6.07 Å². The van der Waals surface area contributed by atoms with E-state index in [-0.39, 0.29) is 5.91 Å². The number of fused-ring (bicyclic) bond motifs is 3. The molecule has 1 amide bonds. The molecule has 0 spiro atoms. The summed E-state index contributed by atoms with van der Waals surface area (Å²) in [6.45, 7) is 6.38. The lowest BCUT2D eigenvalue weighted by Crippen LogP contribution is -2.47. The number of hydrogen-bond acceptors (Lipinski definition) is 9. The maximum atomic E-state index is 12.7. The van der Waals surface area contributed by atoms with Crippen molar-refractivity contribution in [1.82, 2.24) is 15.1 Å². The van der Waals surface area contributed by atoms with Gasteiger partial charge in [-0.05, 0) is 30.0 Å². The van der Waals surface area contributed by atoms with Crippen LogP contribution in [0.4, 0.5) is 5.69 Å². The summed E-state index contributed by atoms with van der Waals surface area (Å²) in [5.41, 5.74) is 1.50. The Balaban J connectivity index is 1.35. The number of benzene rings is 1. The van der Waals surface area contributed by atoms with Crippen molar-refractivity contribution in [3.05, 3.63) is 40.1 Å². The minimum absolute atomic E-state index is 0.187. The molecule has 9 nitrogen and oxygen atoms in total. The lowest BCUT2D eigenvalue weighted by atomic mass is 10.1. The minimum Gasteiger partial charge on any atom is -0.491 e. The molecular weight excluding hydrogens is 442 g/mol. The Labute approximate surface area is 196 Å². The molecule has 1 aromatic carbocycles. The molecule has 0 saturated carbocycles. The summed E-state index contributed by atoms with van der Waals surface area (Å²) < 4.78 is 17.2. The van der Waals surface area contributed by atoms with Crippen molar-refractivity contribution in [2.75, 3.05) is 59.7 Å². The molecule has 0 atom stereocenters. The minimum atomic E-state index is -0.187. The average Bonchev–Trinajstić information content (AvgIpc) is 3.55. The first-order valence-electron chi connectivity index (χ1n) is 11.1. The highest BCUT2D eigenvalue weighted by molar-refractivity contribution is 7.12. The van der Waals surface area contributed by atoms with Crippen LogP contribution in [0, 0.1) is 0 Å². The fourth-order valence-corrected chi connectivity index (χ4v) is 4.79. The third-order valence-electron chi connectivity index (χ3n) is 5.80. The van der Waals surface area contributed by atoms with Crippen molar-refractivity contribution >= 4 is 34.7 Å². The highest BCUT2D eigenvalue weighted by Crippen LogP contribution is 2.43. The van der Waals surface area contributed by atoms with E-state index in [0.29, 0.717) is 47.7 Å². The number of morpholine rings is 1. The number of amides is 1. The third kappa shape index (κ3) is 4.59. The van der Waals surface area contributed by atoms with Crippen LogP contribution in [-0.2, 0) is 4.74 Å². The standard InChI is InChI=1S/C23H27N5O4S/c1-30-20-17(32-12-3-8-27-10-13-31-14-11-27)6-5-16-19(20)25-23(28-9-7-24-21(16)28)26-22(29)18-4-2-15-33-18/h2,4-6,15H,3,7-14H2,1H3,(H,25,26,29). The summed E-state index contributed by atoms with van der Waals surface area (Å²) in [5, 5.41) is 4.82. The van der Waals surface area contributed by atoms with Crippen LogP contribution in [0.3, 0.4) is 0 Å². The largest absolute Gasteiger partial charge is 0.491 e. The zero-order chi connectivity index (χ0) is 22.6. The van der Waals surface area contributed by atoms with E-state index in [4.69, 9.17) is 19.2 Å². The molecule has 2 aromatic rings. The summed E-state index contributed by atoms with van der Waals surface area (Å²) in [4.78, 5) is 27.1. The molecule has 3 aliphatic heterocycles. The number of hydrogen-bond donors (Lipinski definition) is 1. The van der Waals surface area contributed by atoms with Crippen molar-refractivity contribution < 1.29 is 19.0 Å². The summed E-state index contributed by atoms with van der Waals surface area (Å²) in [7, 11) is 1.61. The highest BCUT2D eigenvalue weighted by atomic mass is 32.1. The summed E-state index contributed by atoms with van der Waals surface area (Å²) >= 11 is 1.39. The Kier molecular flexibility index (Phi) is 6.56. The van der Waals surface area contributed by atoms with Crippen LogP contribution in [-0.4, -0.2) is 87.2 Å². The van der Waals surface area contributed by atoms with Crippen LogP contribution in [0.1, 0.15) is 21.7 Å². The molecule has 0 aliphatic carbocycles. The van der Waals surface area contributed by atoms with Gasteiger partial charge in [-0.25, -0.2) is 4.99 Å². The van der Waals surface area contributed by atoms with E-state index in [2.05, 4.69) is 15.2 Å². The van der Waals surface area contributed by atoms with Crippen molar-refractivity contribution in [3.63, 3.8) is 0 Å². The molecule has 0 radical (unpaired) electrons. The second-order valence-electron chi connectivity index (χ2n) is 7.87.